The molecule has 0 saturated heterocycles. The Hall–Kier alpha value is -0.810. The summed E-state index contributed by atoms with van der Waals surface area (Å²) in [6, 6.07) is 0.273. The number of hydrogen-bond acceptors (Lipinski definition) is 4. The maximum absolute atomic E-state index is 12.5. The molecule has 17 heavy (non-hydrogen) atoms. The lowest BCUT2D eigenvalue weighted by molar-refractivity contribution is 0.459. The standard InChI is InChI=1S/C12H14N2OS2/c1-6-4-5-16-12-13-10-9(11(15)14(6)12)7(2)8(3)17-10/h6H,4-5H2,1-3H3. The Balaban J connectivity index is 2.44. The van der Waals surface area contributed by atoms with Gasteiger partial charge in [0.15, 0.2) is 5.16 Å². The lowest BCUT2D eigenvalue weighted by atomic mass is 10.2. The second kappa shape index (κ2) is 3.85. The van der Waals surface area contributed by atoms with E-state index >= 15 is 0 Å². The highest BCUT2D eigenvalue weighted by molar-refractivity contribution is 7.99. The predicted molar refractivity (Wildman–Crippen MR) is 73.4 cm³/mol. The van der Waals surface area contributed by atoms with E-state index in [1.54, 1.807) is 23.1 Å². The molecule has 0 N–H and O–H groups in total. The van der Waals surface area contributed by atoms with Gasteiger partial charge in [-0.25, -0.2) is 4.98 Å². The van der Waals surface area contributed by atoms with Gasteiger partial charge in [-0.1, -0.05) is 11.8 Å². The van der Waals surface area contributed by atoms with E-state index in [-0.39, 0.29) is 11.6 Å². The van der Waals surface area contributed by atoms with Crippen LogP contribution in [-0.2, 0) is 0 Å². The molecular weight excluding hydrogens is 252 g/mol. The molecule has 0 saturated carbocycles. The van der Waals surface area contributed by atoms with Gasteiger partial charge in [0.25, 0.3) is 5.56 Å². The van der Waals surface area contributed by atoms with Crippen molar-refractivity contribution in [2.45, 2.75) is 38.4 Å². The third-order valence-corrected chi connectivity index (χ3v) is 5.50. The van der Waals surface area contributed by atoms with Crippen LogP contribution in [0.5, 0.6) is 0 Å². The Kier molecular flexibility index (Phi) is 2.56. The minimum Gasteiger partial charge on any atom is -0.284 e. The van der Waals surface area contributed by atoms with E-state index < -0.39 is 0 Å². The van der Waals surface area contributed by atoms with E-state index in [4.69, 9.17) is 0 Å². The number of fused-ring (bicyclic) bond motifs is 2. The fourth-order valence-corrected chi connectivity index (χ4v) is 4.50. The Labute approximate surface area is 108 Å². The number of aryl methyl sites for hydroxylation is 2. The van der Waals surface area contributed by atoms with E-state index in [0.717, 1.165) is 33.1 Å². The van der Waals surface area contributed by atoms with Crippen LogP contribution >= 0.6 is 23.1 Å². The average molecular weight is 266 g/mol. The second-order valence-electron chi connectivity index (χ2n) is 4.52. The second-order valence-corrected chi connectivity index (χ2v) is 6.78. The maximum Gasteiger partial charge on any atom is 0.263 e. The van der Waals surface area contributed by atoms with Crippen LogP contribution in [0, 0.1) is 13.8 Å². The van der Waals surface area contributed by atoms with Crippen molar-refractivity contribution < 1.29 is 0 Å². The van der Waals surface area contributed by atoms with Crippen molar-refractivity contribution in [1.82, 2.24) is 9.55 Å². The van der Waals surface area contributed by atoms with E-state index in [9.17, 15) is 4.79 Å². The molecule has 3 heterocycles. The minimum atomic E-state index is 0.145. The molecule has 0 fully saturated rings. The van der Waals surface area contributed by atoms with Gasteiger partial charge in [-0.2, -0.15) is 0 Å². The van der Waals surface area contributed by atoms with Gasteiger partial charge >= 0.3 is 0 Å². The zero-order valence-electron chi connectivity index (χ0n) is 10.1. The van der Waals surface area contributed by atoms with Crippen molar-refractivity contribution in [2.24, 2.45) is 0 Å². The fourth-order valence-electron chi connectivity index (χ4n) is 2.23. The first-order chi connectivity index (χ1) is 8.09. The van der Waals surface area contributed by atoms with Gasteiger partial charge in [-0.15, -0.1) is 11.3 Å². The Morgan fingerprint density at radius 1 is 1.41 bits per heavy atom. The summed E-state index contributed by atoms with van der Waals surface area (Å²) in [4.78, 5) is 19.3. The smallest absolute Gasteiger partial charge is 0.263 e. The van der Waals surface area contributed by atoms with Crippen LogP contribution in [0.4, 0.5) is 0 Å². The molecule has 1 aliphatic heterocycles. The quantitative estimate of drug-likeness (QED) is 0.687. The van der Waals surface area contributed by atoms with Gasteiger partial charge in [0, 0.05) is 16.7 Å². The lowest BCUT2D eigenvalue weighted by Crippen LogP contribution is -2.28. The van der Waals surface area contributed by atoms with Gasteiger partial charge in [-0.3, -0.25) is 9.36 Å². The number of rotatable bonds is 0. The van der Waals surface area contributed by atoms with Crippen LogP contribution in [0.15, 0.2) is 9.95 Å². The van der Waals surface area contributed by atoms with Gasteiger partial charge < -0.3 is 0 Å². The molecule has 5 heteroatoms. The van der Waals surface area contributed by atoms with Crippen molar-refractivity contribution in [3.8, 4) is 0 Å². The van der Waals surface area contributed by atoms with Crippen LogP contribution in [-0.4, -0.2) is 15.3 Å². The first-order valence-corrected chi connectivity index (χ1v) is 7.55. The SMILES string of the molecule is Cc1sc2nc3n(c(=O)c2c1C)C(C)CCS3. The molecule has 3 rings (SSSR count). The molecule has 2 aromatic rings. The molecule has 1 atom stereocenters. The lowest BCUT2D eigenvalue weighted by Gasteiger charge is -2.23. The summed E-state index contributed by atoms with van der Waals surface area (Å²) in [5.74, 6) is 1.06. The molecule has 1 aliphatic rings. The highest BCUT2D eigenvalue weighted by Gasteiger charge is 2.22. The zero-order valence-corrected chi connectivity index (χ0v) is 11.7. The first kappa shape index (κ1) is 11.3. The Bertz CT molecular complexity index is 657. The van der Waals surface area contributed by atoms with Crippen molar-refractivity contribution in [2.75, 3.05) is 5.75 Å². The highest BCUT2D eigenvalue weighted by Crippen LogP contribution is 2.32. The summed E-state index contributed by atoms with van der Waals surface area (Å²) in [6.45, 7) is 6.18. The molecule has 0 radical (unpaired) electrons. The summed E-state index contributed by atoms with van der Waals surface area (Å²) in [7, 11) is 0. The summed E-state index contributed by atoms with van der Waals surface area (Å²) in [5.41, 5.74) is 1.24. The number of nitrogens with zero attached hydrogens (tertiary/aromatic N) is 2. The van der Waals surface area contributed by atoms with Crippen LogP contribution in [0.2, 0.25) is 0 Å². The Morgan fingerprint density at radius 2 is 2.18 bits per heavy atom. The minimum absolute atomic E-state index is 0.145. The van der Waals surface area contributed by atoms with Crippen LogP contribution < -0.4 is 5.56 Å². The molecule has 0 aromatic carbocycles. The molecular formula is C12H14N2OS2. The highest BCUT2D eigenvalue weighted by atomic mass is 32.2. The normalized spacial score (nSPS) is 19.6. The van der Waals surface area contributed by atoms with Crippen molar-refractivity contribution in [3.63, 3.8) is 0 Å². The van der Waals surface area contributed by atoms with Crippen LogP contribution in [0.3, 0.4) is 0 Å². The van der Waals surface area contributed by atoms with Gasteiger partial charge in [-0.05, 0) is 32.8 Å². The Morgan fingerprint density at radius 3 is 2.94 bits per heavy atom. The molecule has 0 spiro atoms. The molecule has 3 nitrogen and oxygen atoms in total. The molecule has 0 aliphatic carbocycles. The first-order valence-electron chi connectivity index (χ1n) is 5.74. The molecule has 2 aromatic heterocycles. The number of thiophene rings is 1. The van der Waals surface area contributed by atoms with Gasteiger partial charge in [0.05, 0.1) is 5.39 Å². The van der Waals surface area contributed by atoms with Gasteiger partial charge in [0.1, 0.15) is 4.83 Å². The maximum atomic E-state index is 12.5. The van der Waals surface area contributed by atoms with Gasteiger partial charge in [0.2, 0.25) is 0 Å². The molecule has 1 unspecified atom stereocenters. The molecule has 0 amide bonds. The molecule has 0 bridgehead atoms. The van der Waals surface area contributed by atoms with E-state index in [1.165, 1.54) is 4.88 Å². The molecule has 90 valence electrons. The van der Waals surface area contributed by atoms with E-state index in [1.807, 2.05) is 11.5 Å². The number of thioether (sulfide) groups is 1. The number of hydrogen-bond donors (Lipinski definition) is 0. The predicted octanol–water partition coefficient (Wildman–Crippen LogP) is 3.13. The van der Waals surface area contributed by atoms with Crippen molar-refractivity contribution >= 4 is 33.3 Å². The topological polar surface area (TPSA) is 34.9 Å². The summed E-state index contributed by atoms with van der Waals surface area (Å²) in [5, 5.41) is 1.72. The van der Waals surface area contributed by atoms with Crippen molar-refractivity contribution in [1.29, 1.82) is 0 Å². The van der Waals surface area contributed by atoms with Crippen molar-refractivity contribution in [3.05, 3.63) is 20.8 Å². The van der Waals surface area contributed by atoms with E-state index in [2.05, 4.69) is 18.8 Å². The average Bonchev–Trinajstić information content (AvgIpc) is 2.55. The summed E-state index contributed by atoms with van der Waals surface area (Å²) in [6.07, 6.45) is 1.05. The van der Waals surface area contributed by atoms with Crippen LogP contribution in [0.25, 0.3) is 10.2 Å². The fraction of sp³-hybridized carbons (Fsp3) is 0.500. The summed E-state index contributed by atoms with van der Waals surface area (Å²) >= 11 is 3.32. The van der Waals surface area contributed by atoms with Crippen LogP contribution in [0.1, 0.15) is 29.8 Å². The third kappa shape index (κ3) is 1.56. The largest absolute Gasteiger partial charge is 0.284 e. The third-order valence-electron chi connectivity index (χ3n) is 3.41. The monoisotopic (exact) mass is 266 g/mol. The van der Waals surface area contributed by atoms with E-state index in [0.29, 0.717) is 0 Å². The zero-order chi connectivity index (χ0) is 12.2. The number of aromatic nitrogens is 2. The summed E-state index contributed by atoms with van der Waals surface area (Å²) < 4.78 is 1.87.